The van der Waals surface area contributed by atoms with E-state index < -0.39 is 12.0 Å². The maximum absolute atomic E-state index is 11.2. The van der Waals surface area contributed by atoms with Gasteiger partial charge in [0.15, 0.2) is 0 Å². The average Bonchev–Trinajstić information content (AvgIpc) is 3.10. The molecule has 1 atom stereocenters. The van der Waals surface area contributed by atoms with E-state index in [9.17, 15) is 9.59 Å². The van der Waals surface area contributed by atoms with Crippen LogP contribution in [0.1, 0.15) is 49.3 Å². The minimum Gasteiger partial charge on any atom is -0.481 e. The van der Waals surface area contributed by atoms with E-state index in [1.54, 1.807) is 0 Å². The van der Waals surface area contributed by atoms with Crippen molar-refractivity contribution in [3.8, 4) is 0 Å². The van der Waals surface area contributed by atoms with Gasteiger partial charge >= 0.3 is 5.97 Å². The average molecular weight is 247 g/mol. The standard InChI is InChI=1S/C14H17NO3/c1-9(16)15-13(8-14(17)18)12-5-3-2-4-11(12)10-6-7-10/h2-5,10,13H,6-8H2,1H3,(H,15,16)(H,17,18)/t13-/m1/s1. The lowest BCUT2D eigenvalue weighted by Crippen LogP contribution is -2.28. The zero-order chi connectivity index (χ0) is 13.1. The maximum atomic E-state index is 11.2. The van der Waals surface area contributed by atoms with Crippen molar-refractivity contribution >= 4 is 11.9 Å². The minimum atomic E-state index is -0.903. The van der Waals surface area contributed by atoms with Gasteiger partial charge in [0.05, 0.1) is 12.5 Å². The molecule has 1 fully saturated rings. The predicted molar refractivity (Wildman–Crippen MR) is 67.2 cm³/mol. The number of carboxylic acids is 1. The molecule has 0 aliphatic heterocycles. The number of hydrogen-bond donors (Lipinski definition) is 2. The van der Waals surface area contributed by atoms with Crippen molar-refractivity contribution in [1.29, 1.82) is 0 Å². The lowest BCUT2D eigenvalue weighted by molar-refractivity contribution is -0.137. The number of carbonyl (C=O) groups excluding carboxylic acids is 1. The van der Waals surface area contributed by atoms with Crippen LogP contribution in [0, 0.1) is 0 Å². The maximum Gasteiger partial charge on any atom is 0.305 e. The Labute approximate surface area is 106 Å². The summed E-state index contributed by atoms with van der Waals surface area (Å²) in [4.78, 5) is 22.1. The smallest absolute Gasteiger partial charge is 0.305 e. The zero-order valence-corrected chi connectivity index (χ0v) is 10.3. The van der Waals surface area contributed by atoms with E-state index in [4.69, 9.17) is 5.11 Å². The monoisotopic (exact) mass is 247 g/mol. The van der Waals surface area contributed by atoms with Gasteiger partial charge in [-0.3, -0.25) is 9.59 Å². The molecule has 0 spiro atoms. The minimum absolute atomic E-state index is 0.0800. The van der Waals surface area contributed by atoms with Crippen molar-refractivity contribution in [2.45, 2.75) is 38.1 Å². The van der Waals surface area contributed by atoms with E-state index in [1.807, 2.05) is 24.3 Å². The number of aliphatic carboxylic acids is 1. The van der Waals surface area contributed by atoms with E-state index in [2.05, 4.69) is 5.32 Å². The van der Waals surface area contributed by atoms with Gasteiger partial charge in [-0.25, -0.2) is 0 Å². The third kappa shape index (κ3) is 3.09. The number of carboxylic acid groups (broad SMARTS) is 1. The molecule has 2 rings (SSSR count). The van der Waals surface area contributed by atoms with Crippen LogP contribution in [0.4, 0.5) is 0 Å². The van der Waals surface area contributed by atoms with Crippen LogP contribution in [0.5, 0.6) is 0 Å². The van der Waals surface area contributed by atoms with E-state index in [0.29, 0.717) is 5.92 Å². The Morgan fingerprint density at radius 3 is 2.61 bits per heavy atom. The van der Waals surface area contributed by atoms with E-state index in [1.165, 1.54) is 12.5 Å². The van der Waals surface area contributed by atoms with E-state index >= 15 is 0 Å². The van der Waals surface area contributed by atoms with Crippen molar-refractivity contribution in [2.24, 2.45) is 0 Å². The van der Waals surface area contributed by atoms with Gasteiger partial charge < -0.3 is 10.4 Å². The summed E-state index contributed by atoms with van der Waals surface area (Å²) in [6.45, 7) is 1.41. The van der Waals surface area contributed by atoms with Crippen molar-refractivity contribution in [3.63, 3.8) is 0 Å². The third-order valence-corrected chi connectivity index (χ3v) is 3.14. The van der Waals surface area contributed by atoms with Gasteiger partial charge in [0.2, 0.25) is 5.91 Å². The van der Waals surface area contributed by atoms with Crippen molar-refractivity contribution in [1.82, 2.24) is 5.32 Å². The van der Waals surface area contributed by atoms with Crippen LogP contribution in [-0.2, 0) is 9.59 Å². The van der Waals surface area contributed by atoms with Gasteiger partial charge in [-0.05, 0) is 29.9 Å². The van der Waals surface area contributed by atoms with Gasteiger partial charge in [-0.15, -0.1) is 0 Å². The number of benzene rings is 1. The van der Waals surface area contributed by atoms with Gasteiger partial charge in [-0.2, -0.15) is 0 Å². The van der Waals surface area contributed by atoms with Crippen molar-refractivity contribution in [2.75, 3.05) is 0 Å². The molecule has 1 aliphatic rings. The highest BCUT2D eigenvalue weighted by atomic mass is 16.4. The SMILES string of the molecule is CC(=O)N[C@H](CC(=O)O)c1ccccc1C1CC1. The molecule has 18 heavy (non-hydrogen) atoms. The van der Waals surface area contributed by atoms with E-state index in [0.717, 1.165) is 18.4 Å². The largest absolute Gasteiger partial charge is 0.481 e. The Morgan fingerprint density at radius 1 is 1.39 bits per heavy atom. The third-order valence-electron chi connectivity index (χ3n) is 3.14. The number of rotatable bonds is 5. The van der Waals surface area contributed by atoms with Crippen LogP contribution in [0.2, 0.25) is 0 Å². The molecule has 4 nitrogen and oxygen atoms in total. The number of nitrogens with one attached hydrogen (secondary N) is 1. The molecule has 0 radical (unpaired) electrons. The number of carbonyl (C=O) groups is 2. The zero-order valence-electron chi connectivity index (χ0n) is 10.3. The second-order valence-electron chi connectivity index (χ2n) is 4.75. The molecular weight excluding hydrogens is 230 g/mol. The first-order valence-electron chi connectivity index (χ1n) is 6.15. The molecule has 0 heterocycles. The molecule has 1 amide bonds. The van der Waals surface area contributed by atoms with Gasteiger partial charge in [-0.1, -0.05) is 24.3 Å². The Bertz CT molecular complexity index is 450. The van der Waals surface area contributed by atoms with Crippen molar-refractivity contribution in [3.05, 3.63) is 35.4 Å². The quantitative estimate of drug-likeness (QED) is 0.838. The summed E-state index contributed by atoms with van der Waals surface area (Å²) in [5.41, 5.74) is 2.12. The lowest BCUT2D eigenvalue weighted by atomic mass is 9.95. The fourth-order valence-corrected chi connectivity index (χ4v) is 2.25. The second-order valence-corrected chi connectivity index (χ2v) is 4.75. The molecule has 2 N–H and O–H groups in total. The number of hydrogen-bond acceptors (Lipinski definition) is 2. The molecule has 0 aromatic heterocycles. The van der Waals surface area contributed by atoms with Crippen LogP contribution in [0.15, 0.2) is 24.3 Å². The fraction of sp³-hybridized carbons (Fsp3) is 0.429. The van der Waals surface area contributed by atoms with Gasteiger partial charge in [0, 0.05) is 6.92 Å². The molecule has 1 aliphatic carbocycles. The first-order valence-corrected chi connectivity index (χ1v) is 6.15. The second kappa shape index (κ2) is 5.21. The Balaban J connectivity index is 2.28. The topological polar surface area (TPSA) is 66.4 Å². The Kier molecular flexibility index (Phi) is 3.65. The molecule has 96 valence electrons. The summed E-state index contributed by atoms with van der Waals surface area (Å²) in [7, 11) is 0. The Hall–Kier alpha value is -1.84. The molecule has 0 saturated heterocycles. The summed E-state index contributed by atoms with van der Waals surface area (Å²) < 4.78 is 0. The first kappa shape index (κ1) is 12.6. The Morgan fingerprint density at radius 2 is 2.06 bits per heavy atom. The highest BCUT2D eigenvalue weighted by molar-refractivity contribution is 5.75. The van der Waals surface area contributed by atoms with Crippen LogP contribution in [-0.4, -0.2) is 17.0 Å². The van der Waals surface area contributed by atoms with Gasteiger partial charge in [0.1, 0.15) is 0 Å². The highest BCUT2D eigenvalue weighted by Gasteiger charge is 2.29. The molecule has 1 saturated carbocycles. The van der Waals surface area contributed by atoms with Crippen molar-refractivity contribution < 1.29 is 14.7 Å². The molecule has 1 aromatic rings. The molecule has 0 bridgehead atoms. The molecule has 1 aromatic carbocycles. The van der Waals surface area contributed by atoms with Crippen LogP contribution >= 0.6 is 0 Å². The molecule has 0 unspecified atom stereocenters. The summed E-state index contributed by atoms with van der Waals surface area (Å²) in [5.74, 6) is -0.572. The van der Waals surface area contributed by atoms with Crippen LogP contribution in [0.3, 0.4) is 0 Å². The lowest BCUT2D eigenvalue weighted by Gasteiger charge is -2.19. The normalized spacial score (nSPS) is 16.1. The molecule has 4 heteroatoms. The predicted octanol–water partition coefficient (Wildman–Crippen LogP) is 2.22. The van der Waals surface area contributed by atoms with Crippen LogP contribution < -0.4 is 5.32 Å². The highest BCUT2D eigenvalue weighted by Crippen LogP contribution is 2.43. The number of amides is 1. The van der Waals surface area contributed by atoms with Gasteiger partial charge in [0.25, 0.3) is 0 Å². The van der Waals surface area contributed by atoms with Crippen LogP contribution in [0.25, 0.3) is 0 Å². The summed E-state index contributed by atoms with van der Waals surface area (Å²) in [6.07, 6.45) is 2.22. The fourth-order valence-electron chi connectivity index (χ4n) is 2.25. The summed E-state index contributed by atoms with van der Waals surface area (Å²) in [5, 5.41) is 11.7. The summed E-state index contributed by atoms with van der Waals surface area (Å²) in [6, 6.07) is 7.36. The van der Waals surface area contributed by atoms with E-state index in [-0.39, 0.29) is 12.3 Å². The molecular formula is C14H17NO3. The first-order chi connectivity index (χ1) is 8.58. The summed E-state index contributed by atoms with van der Waals surface area (Å²) >= 11 is 0.